The standard InChI is InChI=1S/C21H19BrO4S/c1-26-18-8-11-9-19(27-13-4-2-12(22)3-5-13)14-6-7-16(23)21(25)20(14)15(11)10-17(18)24/h2-8,11,15,19,23,25H,9-10H2,1H3. The molecule has 0 heterocycles. The normalized spacial score (nSPS) is 24.0. The van der Waals surface area contributed by atoms with Crippen LogP contribution in [0.4, 0.5) is 0 Å². The summed E-state index contributed by atoms with van der Waals surface area (Å²) >= 11 is 5.18. The molecule has 4 nitrogen and oxygen atoms in total. The number of halogens is 1. The van der Waals surface area contributed by atoms with Gasteiger partial charge < -0.3 is 14.9 Å². The first-order chi connectivity index (χ1) is 13.0. The zero-order chi connectivity index (χ0) is 19.1. The Morgan fingerprint density at radius 2 is 1.89 bits per heavy atom. The average Bonchev–Trinajstić information content (AvgIpc) is 2.66. The zero-order valence-corrected chi connectivity index (χ0v) is 17.1. The zero-order valence-electron chi connectivity index (χ0n) is 14.7. The highest BCUT2D eigenvalue weighted by Gasteiger charge is 2.41. The Bertz CT molecular complexity index is 923. The first kappa shape index (κ1) is 18.4. The predicted molar refractivity (Wildman–Crippen MR) is 108 cm³/mol. The number of carbonyl (C=O) groups is 1. The van der Waals surface area contributed by atoms with E-state index in [9.17, 15) is 15.0 Å². The minimum absolute atomic E-state index is 0.0635. The molecule has 0 saturated carbocycles. The summed E-state index contributed by atoms with van der Waals surface area (Å²) in [5.41, 5.74) is 1.68. The highest BCUT2D eigenvalue weighted by molar-refractivity contribution is 9.10. The molecule has 0 amide bonds. The molecular formula is C21H19BrO4S. The highest BCUT2D eigenvalue weighted by Crippen LogP contribution is 2.56. The van der Waals surface area contributed by atoms with Gasteiger partial charge in [-0.05, 0) is 54.3 Å². The average molecular weight is 447 g/mol. The molecule has 0 saturated heterocycles. The molecule has 27 heavy (non-hydrogen) atoms. The minimum Gasteiger partial charge on any atom is -0.504 e. The number of fused-ring (bicyclic) bond motifs is 3. The molecule has 2 aromatic carbocycles. The molecule has 140 valence electrons. The summed E-state index contributed by atoms with van der Waals surface area (Å²) in [5.74, 6) is 0.0192. The number of phenolic OH excluding ortho intramolecular Hbond substituents is 2. The summed E-state index contributed by atoms with van der Waals surface area (Å²) in [6.07, 6.45) is 3.00. The van der Waals surface area contributed by atoms with Gasteiger partial charge >= 0.3 is 0 Å². The SMILES string of the molecule is COC1=CC2CC(Sc3ccc(Br)cc3)c3ccc(O)c(O)c3C2CC1=O. The third-order valence-electron chi connectivity index (χ3n) is 5.31. The summed E-state index contributed by atoms with van der Waals surface area (Å²) in [5, 5.41) is 20.7. The van der Waals surface area contributed by atoms with Crippen molar-refractivity contribution in [3.05, 3.63) is 63.8 Å². The third kappa shape index (κ3) is 3.36. The largest absolute Gasteiger partial charge is 0.504 e. The molecule has 2 aliphatic rings. The Balaban J connectivity index is 1.77. The lowest BCUT2D eigenvalue weighted by Crippen LogP contribution is -2.29. The number of carbonyl (C=O) groups excluding carboxylic acids is 1. The lowest BCUT2D eigenvalue weighted by atomic mass is 9.69. The Morgan fingerprint density at radius 3 is 2.59 bits per heavy atom. The lowest BCUT2D eigenvalue weighted by Gasteiger charge is -2.39. The number of methoxy groups -OCH3 is 1. The van der Waals surface area contributed by atoms with Crippen molar-refractivity contribution in [2.75, 3.05) is 7.11 Å². The van der Waals surface area contributed by atoms with Crippen LogP contribution in [0.5, 0.6) is 11.5 Å². The number of Topliss-reactive ketones (excluding diaryl/α,β-unsaturated/α-hetero) is 1. The Kier molecular flexibility index (Phi) is 4.95. The molecule has 0 spiro atoms. The minimum atomic E-state index is -0.143. The Morgan fingerprint density at radius 1 is 1.15 bits per heavy atom. The quantitative estimate of drug-likeness (QED) is 0.626. The van der Waals surface area contributed by atoms with Crippen LogP contribution >= 0.6 is 27.7 Å². The van der Waals surface area contributed by atoms with Crippen LogP contribution in [0.3, 0.4) is 0 Å². The van der Waals surface area contributed by atoms with Crippen molar-refractivity contribution in [3.8, 4) is 11.5 Å². The molecule has 3 atom stereocenters. The van der Waals surface area contributed by atoms with E-state index in [-0.39, 0.29) is 40.8 Å². The second kappa shape index (κ2) is 7.24. The summed E-state index contributed by atoms with van der Waals surface area (Å²) in [6, 6.07) is 11.5. The molecule has 3 unspecified atom stereocenters. The molecule has 2 aromatic rings. The maximum atomic E-state index is 12.3. The molecule has 0 bridgehead atoms. The molecular weight excluding hydrogens is 428 g/mol. The predicted octanol–water partition coefficient (Wildman–Crippen LogP) is 5.30. The number of thioether (sulfide) groups is 1. The van der Waals surface area contributed by atoms with Crippen molar-refractivity contribution in [1.29, 1.82) is 0 Å². The first-order valence-corrected chi connectivity index (χ1v) is 10.4. The van der Waals surface area contributed by atoms with E-state index < -0.39 is 0 Å². The molecule has 2 aliphatic carbocycles. The molecule has 4 rings (SSSR count). The molecule has 6 heteroatoms. The van der Waals surface area contributed by atoms with E-state index in [1.165, 1.54) is 13.2 Å². The van der Waals surface area contributed by atoms with Crippen LogP contribution in [0.25, 0.3) is 0 Å². The van der Waals surface area contributed by atoms with Gasteiger partial charge in [0.15, 0.2) is 23.0 Å². The van der Waals surface area contributed by atoms with Crippen LogP contribution in [-0.2, 0) is 9.53 Å². The summed E-state index contributed by atoms with van der Waals surface area (Å²) < 4.78 is 6.27. The summed E-state index contributed by atoms with van der Waals surface area (Å²) in [7, 11) is 1.51. The van der Waals surface area contributed by atoms with E-state index in [1.54, 1.807) is 11.8 Å². The second-order valence-electron chi connectivity index (χ2n) is 6.87. The van der Waals surface area contributed by atoms with E-state index in [2.05, 4.69) is 28.1 Å². The van der Waals surface area contributed by atoms with Crippen molar-refractivity contribution in [1.82, 2.24) is 0 Å². The van der Waals surface area contributed by atoms with Crippen molar-refractivity contribution in [2.45, 2.75) is 28.9 Å². The van der Waals surface area contributed by atoms with Crippen molar-refractivity contribution in [2.24, 2.45) is 5.92 Å². The monoisotopic (exact) mass is 446 g/mol. The van der Waals surface area contributed by atoms with Gasteiger partial charge in [-0.3, -0.25) is 4.79 Å². The van der Waals surface area contributed by atoms with Crippen LogP contribution in [0.1, 0.15) is 35.1 Å². The smallest absolute Gasteiger partial charge is 0.197 e. The molecule has 0 radical (unpaired) electrons. The fraction of sp³-hybridized carbons (Fsp3) is 0.286. The van der Waals surface area contributed by atoms with Crippen LogP contribution in [0.2, 0.25) is 0 Å². The molecule has 0 fully saturated rings. The van der Waals surface area contributed by atoms with Gasteiger partial charge in [-0.25, -0.2) is 0 Å². The number of rotatable bonds is 3. The lowest BCUT2D eigenvalue weighted by molar-refractivity contribution is -0.119. The van der Waals surface area contributed by atoms with E-state index in [1.807, 2.05) is 24.3 Å². The van der Waals surface area contributed by atoms with Gasteiger partial charge in [0.2, 0.25) is 0 Å². The van der Waals surface area contributed by atoms with Crippen molar-refractivity contribution in [3.63, 3.8) is 0 Å². The highest BCUT2D eigenvalue weighted by atomic mass is 79.9. The van der Waals surface area contributed by atoms with Gasteiger partial charge in [-0.2, -0.15) is 0 Å². The molecule has 0 aromatic heterocycles. The van der Waals surface area contributed by atoms with Gasteiger partial charge in [0.25, 0.3) is 0 Å². The van der Waals surface area contributed by atoms with Crippen molar-refractivity contribution >= 4 is 33.5 Å². The summed E-state index contributed by atoms with van der Waals surface area (Å²) in [6.45, 7) is 0. The van der Waals surface area contributed by atoms with Crippen LogP contribution in [0.15, 0.2) is 57.6 Å². The number of benzene rings is 2. The van der Waals surface area contributed by atoms with E-state index in [0.29, 0.717) is 11.3 Å². The topological polar surface area (TPSA) is 66.8 Å². The van der Waals surface area contributed by atoms with E-state index >= 15 is 0 Å². The number of hydrogen-bond acceptors (Lipinski definition) is 5. The van der Waals surface area contributed by atoms with Crippen LogP contribution < -0.4 is 0 Å². The van der Waals surface area contributed by atoms with Gasteiger partial charge in [0.1, 0.15) is 0 Å². The fourth-order valence-corrected chi connectivity index (χ4v) is 5.57. The van der Waals surface area contributed by atoms with Crippen molar-refractivity contribution < 1.29 is 19.7 Å². The third-order valence-corrected chi connectivity index (χ3v) is 7.11. The number of ether oxygens (including phenoxy) is 1. The number of ketones is 1. The Hall–Kier alpha value is -1.92. The van der Waals surface area contributed by atoms with Gasteiger partial charge in [-0.15, -0.1) is 11.8 Å². The number of allylic oxidation sites excluding steroid dienone is 2. The van der Waals surface area contributed by atoms with Gasteiger partial charge in [0, 0.05) is 32.5 Å². The number of hydrogen-bond donors (Lipinski definition) is 2. The van der Waals surface area contributed by atoms with E-state index in [0.717, 1.165) is 21.4 Å². The van der Waals surface area contributed by atoms with Crippen LogP contribution in [-0.4, -0.2) is 23.1 Å². The maximum Gasteiger partial charge on any atom is 0.197 e. The Labute approximate surface area is 170 Å². The first-order valence-electron chi connectivity index (χ1n) is 8.74. The van der Waals surface area contributed by atoms with Gasteiger partial charge in [0.05, 0.1) is 7.11 Å². The molecule has 0 aliphatic heterocycles. The van der Waals surface area contributed by atoms with Gasteiger partial charge in [-0.1, -0.05) is 22.0 Å². The maximum absolute atomic E-state index is 12.3. The van der Waals surface area contributed by atoms with Crippen LogP contribution in [0, 0.1) is 5.92 Å². The van der Waals surface area contributed by atoms with E-state index in [4.69, 9.17) is 4.74 Å². The number of aromatic hydroxyl groups is 2. The molecule has 2 N–H and O–H groups in total. The fourth-order valence-electron chi connectivity index (χ4n) is 4.03. The second-order valence-corrected chi connectivity index (χ2v) is 9.06. The summed E-state index contributed by atoms with van der Waals surface area (Å²) in [4.78, 5) is 13.5. The number of phenols is 2.